The van der Waals surface area contributed by atoms with Crippen molar-refractivity contribution in [1.82, 2.24) is 4.98 Å². The third-order valence-corrected chi connectivity index (χ3v) is 3.92. The molecule has 0 radical (unpaired) electrons. The summed E-state index contributed by atoms with van der Waals surface area (Å²) in [7, 11) is 1.68. The van der Waals surface area contributed by atoms with E-state index in [9.17, 15) is 0 Å². The molecule has 1 aromatic carbocycles. The largest absolute Gasteiger partial charge is 0.496 e. The van der Waals surface area contributed by atoms with Crippen LogP contribution in [0.3, 0.4) is 0 Å². The van der Waals surface area contributed by atoms with E-state index in [1.165, 1.54) is 4.70 Å². The minimum Gasteiger partial charge on any atom is -0.496 e. The van der Waals surface area contributed by atoms with E-state index in [1.54, 1.807) is 18.4 Å². The second-order valence-corrected chi connectivity index (χ2v) is 4.22. The van der Waals surface area contributed by atoms with Gasteiger partial charge in [-0.2, -0.15) is 0 Å². The molecular formula is C8H6INOS. The molecule has 0 aliphatic heterocycles. The lowest BCUT2D eigenvalue weighted by molar-refractivity contribution is 0.412. The van der Waals surface area contributed by atoms with Crippen molar-refractivity contribution >= 4 is 44.1 Å². The van der Waals surface area contributed by atoms with Crippen LogP contribution in [0, 0.1) is 3.57 Å². The Kier molecular flexibility index (Phi) is 2.18. The molecule has 0 saturated heterocycles. The van der Waals surface area contributed by atoms with E-state index < -0.39 is 0 Å². The molecule has 12 heavy (non-hydrogen) atoms. The summed E-state index contributed by atoms with van der Waals surface area (Å²) in [6.07, 6.45) is 0. The molecule has 0 unspecified atom stereocenters. The molecule has 0 bridgehead atoms. The Morgan fingerprint density at radius 2 is 2.33 bits per heavy atom. The topological polar surface area (TPSA) is 22.1 Å². The average molecular weight is 291 g/mol. The van der Waals surface area contributed by atoms with Gasteiger partial charge >= 0.3 is 0 Å². The highest BCUT2D eigenvalue weighted by atomic mass is 127. The summed E-state index contributed by atoms with van der Waals surface area (Å²) in [5.41, 5.74) is 2.90. The number of rotatable bonds is 1. The van der Waals surface area contributed by atoms with Gasteiger partial charge in [-0.25, -0.2) is 4.98 Å². The number of fused-ring (bicyclic) bond motifs is 1. The van der Waals surface area contributed by atoms with Gasteiger partial charge in [0, 0.05) is 0 Å². The van der Waals surface area contributed by atoms with Gasteiger partial charge in [-0.05, 0) is 34.7 Å². The molecule has 0 fully saturated rings. The Labute approximate surface area is 87.7 Å². The fourth-order valence-electron chi connectivity index (χ4n) is 1.04. The number of nitrogens with zero attached hydrogens (tertiary/aromatic N) is 1. The third-order valence-electron chi connectivity index (χ3n) is 1.62. The molecule has 2 aromatic rings. The Hall–Kier alpha value is -0.360. The number of methoxy groups -OCH3 is 1. The summed E-state index contributed by atoms with van der Waals surface area (Å²) in [5.74, 6) is 0.923. The van der Waals surface area contributed by atoms with E-state index in [2.05, 4.69) is 27.6 Å². The summed E-state index contributed by atoms with van der Waals surface area (Å²) in [6.45, 7) is 0. The van der Waals surface area contributed by atoms with Crippen molar-refractivity contribution in [3.63, 3.8) is 0 Å². The molecule has 1 aromatic heterocycles. The van der Waals surface area contributed by atoms with Crippen LogP contribution in [0.5, 0.6) is 5.75 Å². The second kappa shape index (κ2) is 3.18. The van der Waals surface area contributed by atoms with Crippen molar-refractivity contribution < 1.29 is 4.74 Å². The number of ether oxygens (including phenoxy) is 1. The number of hydrogen-bond donors (Lipinski definition) is 0. The number of hydrogen-bond acceptors (Lipinski definition) is 3. The molecule has 0 aliphatic rings. The number of aromatic nitrogens is 1. The summed E-state index contributed by atoms with van der Waals surface area (Å²) < 4.78 is 7.55. The second-order valence-electron chi connectivity index (χ2n) is 2.28. The predicted molar refractivity (Wildman–Crippen MR) is 58.9 cm³/mol. The van der Waals surface area contributed by atoms with Gasteiger partial charge < -0.3 is 4.74 Å². The van der Waals surface area contributed by atoms with E-state index >= 15 is 0 Å². The molecule has 0 aliphatic carbocycles. The average Bonchev–Trinajstić information content (AvgIpc) is 2.53. The zero-order valence-electron chi connectivity index (χ0n) is 6.37. The molecule has 62 valence electrons. The highest BCUT2D eigenvalue weighted by molar-refractivity contribution is 14.1. The fraction of sp³-hybridized carbons (Fsp3) is 0.125. The lowest BCUT2D eigenvalue weighted by atomic mass is 10.3. The fourth-order valence-corrected chi connectivity index (χ4v) is 2.81. The summed E-state index contributed by atoms with van der Waals surface area (Å²) in [4.78, 5) is 4.21. The van der Waals surface area contributed by atoms with Crippen LogP contribution in [-0.2, 0) is 0 Å². The van der Waals surface area contributed by atoms with Gasteiger partial charge in [0.25, 0.3) is 0 Å². The third kappa shape index (κ3) is 1.19. The standard InChI is InChI=1S/C8H6INOS/c1-11-6-3-2-5-8(7(6)9)12-4-10-5/h2-4H,1H3. The first kappa shape index (κ1) is 8.25. The van der Waals surface area contributed by atoms with Crippen LogP contribution in [0.4, 0.5) is 0 Å². The molecule has 0 N–H and O–H groups in total. The van der Waals surface area contributed by atoms with E-state index in [4.69, 9.17) is 4.74 Å². The zero-order valence-corrected chi connectivity index (χ0v) is 9.35. The van der Waals surface area contributed by atoms with Gasteiger partial charge in [-0.3, -0.25) is 0 Å². The van der Waals surface area contributed by atoms with Crippen LogP contribution in [0.15, 0.2) is 17.6 Å². The van der Waals surface area contributed by atoms with Crippen molar-refractivity contribution in [2.45, 2.75) is 0 Å². The van der Waals surface area contributed by atoms with E-state index in [1.807, 2.05) is 17.6 Å². The Balaban J connectivity index is 2.78. The summed E-state index contributed by atoms with van der Waals surface area (Å²) in [6, 6.07) is 3.93. The van der Waals surface area contributed by atoms with Gasteiger partial charge in [0.1, 0.15) is 5.75 Å². The summed E-state index contributed by atoms with van der Waals surface area (Å²) >= 11 is 3.93. The maximum Gasteiger partial charge on any atom is 0.133 e. The van der Waals surface area contributed by atoms with Crippen LogP contribution >= 0.6 is 33.9 Å². The van der Waals surface area contributed by atoms with Crippen molar-refractivity contribution in [1.29, 1.82) is 0 Å². The van der Waals surface area contributed by atoms with Crippen LogP contribution in [-0.4, -0.2) is 12.1 Å². The van der Waals surface area contributed by atoms with E-state index in [-0.39, 0.29) is 0 Å². The maximum atomic E-state index is 5.19. The van der Waals surface area contributed by atoms with Gasteiger partial charge in [0.05, 0.1) is 26.4 Å². The number of benzene rings is 1. The van der Waals surface area contributed by atoms with Gasteiger partial charge in [0.15, 0.2) is 0 Å². The Bertz CT molecular complexity index is 412. The smallest absolute Gasteiger partial charge is 0.133 e. The Morgan fingerprint density at radius 3 is 3.08 bits per heavy atom. The molecule has 0 atom stereocenters. The normalized spacial score (nSPS) is 10.5. The first-order chi connectivity index (χ1) is 5.83. The first-order valence-electron chi connectivity index (χ1n) is 3.38. The van der Waals surface area contributed by atoms with E-state index in [0.717, 1.165) is 14.8 Å². The molecule has 4 heteroatoms. The van der Waals surface area contributed by atoms with Crippen molar-refractivity contribution in [2.24, 2.45) is 0 Å². The monoisotopic (exact) mass is 291 g/mol. The van der Waals surface area contributed by atoms with Gasteiger partial charge in [-0.15, -0.1) is 11.3 Å². The van der Waals surface area contributed by atoms with Crippen molar-refractivity contribution in [3.8, 4) is 5.75 Å². The zero-order chi connectivity index (χ0) is 8.55. The van der Waals surface area contributed by atoms with Crippen LogP contribution in [0.25, 0.3) is 10.2 Å². The van der Waals surface area contributed by atoms with Crippen LogP contribution in [0.2, 0.25) is 0 Å². The van der Waals surface area contributed by atoms with Crippen LogP contribution < -0.4 is 4.74 Å². The molecule has 1 heterocycles. The number of halogens is 1. The predicted octanol–water partition coefficient (Wildman–Crippen LogP) is 2.91. The quantitative estimate of drug-likeness (QED) is 0.754. The molecule has 0 amide bonds. The SMILES string of the molecule is COc1ccc2ncsc2c1I. The highest BCUT2D eigenvalue weighted by Crippen LogP contribution is 2.31. The van der Waals surface area contributed by atoms with Crippen LogP contribution in [0.1, 0.15) is 0 Å². The minimum absolute atomic E-state index is 0.923. The highest BCUT2D eigenvalue weighted by Gasteiger charge is 2.06. The van der Waals surface area contributed by atoms with Gasteiger partial charge in [0.2, 0.25) is 0 Å². The van der Waals surface area contributed by atoms with E-state index in [0.29, 0.717) is 0 Å². The maximum absolute atomic E-state index is 5.19. The summed E-state index contributed by atoms with van der Waals surface area (Å²) in [5, 5.41) is 0. The first-order valence-corrected chi connectivity index (χ1v) is 5.34. The Morgan fingerprint density at radius 1 is 1.50 bits per heavy atom. The molecular weight excluding hydrogens is 285 g/mol. The lowest BCUT2D eigenvalue weighted by Gasteiger charge is -2.01. The van der Waals surface area contributed by atoms with Crippen molar-refractivity contribution in [2.75, 3.05) is 7.11 Å². The molecule has 2 nitrogen and oxygen atoms in total. The minimum atomic E-state index is 0.923. The van der Waals surface area contributed by atoms with Crippen molar-refractivity contribution in [3.05, 3.63) is 21.2 Å². The lowest BCUT2D eigenvalue weighted by Crippen LogP contribution is -1.85. The van der Waals surface area contributed by atoms with Gasteiger partial charge in [-0.1, -0.05) is 0 Å². The molecule has 2 rings (SSSR count). The molecule has 0 spiro atoms. The number of thiazole rings is 1. The molecule has 0 saturated carbocycles.